The van der Waals surface area contributed by atoms with E-state index in [9.17, 15) is 4.79 Å². The smallest absolute Gasteiger partial charge is 0.267 e. The first-order valence-corrected chi connectivity index (χ1v) is 9.19. The van der Waals surface area contributed by atoms with Crippen LogP contribution < -0.4 is 10.2 Å². The van der Waals surface area contributed by atoms with Crippen LogP contribution in [0.15, 0.2) is 24.3 Å². The van der Waals surface area contributed by atoms with E-state index in [1.165, 1.54) is 29.7 Å². The summed E-state index contributed by atoms with van der Waals surface area (Å²) in [7, 11) is 0. The van der Waals surface area contributed by atoms with E-state index in [4.69, 9.17) is 4.74 Å². The van der Waals surface area contributed by atoms with Crippen molar-refractivity contribution >= 4 is 28.1 Å². The lowest BCUT2D eigenvalue weighted by Gasteiger charge is -2.12. The monoisotopic (exact) mass is 345 g/mol. The molecule has 1 fully saturated rings. The van der Waals surface area contributed by atoms with Crippen molar-refractivity contribution in [2.75, 3.05) is 29.9 Å². The number of nitrogens with zero attached hydrogens (tertiary/aromatic N) is 2. The molecule has 1 aliphatic rings. The van der Waals surface area contributed by atoms with E-state index >= 15 is 0 Å². The van der Waals surface area contributed by atoms with Gasteiger partial charge in [0.1, 0.15) is 4.88 Å². The Morgan fingerprint density at radius 1 is 1.29 bits per heavy atom. The molecular formula is C18H23N3O2S. The molecule has 0 radical (unpaired) electrons. The molecule has 0 atom stereocenters. The first-order valence-electron chi connectivity index (χ1n) is 8.38. The third-order valence-electron chi connectivity index (χ3n) is 4.02. The van der Waals surface area contributed by atoms with Gasteiger partial charge in [-0.1, -0.05) is 29.0 Å². The minimum Gasteiger partial charge on any atom is -0.375 e. The van der Waals surface area contributed by atoms with Crippen LogP contribution in [-0.4, -0.2) is 30.6 Å². The van der Waals surface area contributed by atoms with Crippen LogP contribution in [0.25, 0.3) is 0 Å². The highest BCUT2D eigenvalue weighted by Gasteiger charge is 2.23. The Morgan fingerprint density at radius 3 is 2.67 bits per heavy atom. The largest absolute Gasteiger partial charge is 0.375 e. The lowest BCUT2D eigenvalue weighted by atomic mass is 10.2. The van der Waals surface area contributed by atoms with Gasteiger partial charge in [0, 0.05) is 25.4 Å². The Hall–Kier alpha value is -1.92. The second-order valence-corrected chi connectivity index (χ2v) is 6.90. The number of anilines is 2. The van der Waals surface area contributed by atoms with Gasteiger partial charge in [-0.2, -0.15) is 0 Å². The summed E-state index contributed by atoms with van der Waals surface area (Å²) in [6.45, 7) is 6.98. The van der Waals surface area contributed by atoms with Gasteiger partial charge in [-0.25, -0.2) is 4.98 Å². The van der Waals surface area contributed by atoms with E-state index in [0.29, 0.717) is 18.1 Å². The van der Waals surface area contributed by atoms with Crippen molar-refractivity contribution in [1.82, 2.24) is 4.98 Å². The third kappa shape index (κ3) is 3.94. The van der Waals surface area contributed by atoms with Crippen LogP contribution in [0.1, 0.15) is 40.7 Å². The van der Waals surface area contributed by atoms with Crippen molar-refractivity contribution in [3.05, 3.63) is 40.4 Å². The molecule has 24 heavy (non-hydrogen) atoms. The third-order valence-corrected chi connectivity index (χ3v) is 5.18. The van der Waals surface area contributed by atoms with Crippen molar-refractivity contribution in [3.63, 3.8) is 0 Å². The average molecular weight is 345 g/mol. The van der Waals surface area contributed by atoms with Crippen LogP contribution in [0.2, 0.25) is 0 Å². The van der Waals surface area contributed by atoms with Crippen LogP contribution in [0.5, 0.6) is 0 Å². The molecule has 1 saturated heterocycles. The molecule has 6 heteroatoms. The van der Waals surface area contributed by atoms with E-state index in [2.05, 4.69) is 15.2 Å². The predicted octanol–water partition coefficient (Wildman–Crippen LogP) is 3.84. The molecule has 1 aromatic carbocycles. The summed E-state index contributed by atoms with van der Waals surface area (Å²) < 4.78 is 5.50. The summed E-state index contributed by atoms with van der Waals surface area (Å²) in [6, 6.07) is 7.80. The van der Waals surface area contributed by atoms with Gasteiger partial charge in [-0.05, 0) is 38.8 Å². The molecule has 3 rings (SSSR count). The number of hydrogen-bond acceptors (Lipinski definition) is 5. The van der Waals surface area contributed by atoms with Gasteiger partial charge in [0.05, 0.1) is 12.3 Å². The zero-order valence-electron chi connectivity index (χ0n) is 14.2. The molecule has 128 valence electrons. The Bertz CT molecular complexity index is 691. The summed E-state index contributed by atoms with van der Waals surface area (Å²) in [4.78, 5) is 20.3. The number of nitrogens with one attached hydrogen (secondary N) is 1. The van der Waals surface area contributed by atoms with Crippen LogP contribution in [-0.2, 0) is 11.3 Å². The maximum Gasteiger partial charge on any atom is 0.267 e. The summed E-state index contributed by atoms with van der Waals surface area (Å²) in [6.07, 6.45) is 2.37. The van der Waals surface area contributed by atoms with Gasteiger partial charge in [-0.15, -0.1) is 0 Å². The average Bonchev–Trinajstić information content (AvgIpc) is 3.24. The van der Waals surface area contributed by atoms with Gasteiger partial charge in [-0.3, -0.25) is 4.79 Å². The molecule has 1 aromatic heterocycles. The number of hydrogen-bond donors (Lipinski definition) is 1. The van der Waals surface area contributed by atoms with E-state index in [1.54, 1.807) is 0 Å². The molecule has 0 saturated carbocycles. The quantitative estimate of drug-likeness (QED) is 0.864. The molecule has 2 heterocycles. The molecule has 0 spiro atoms. The minimum atomic E-state index is -0.114. The maximum absolute atomic E-state index is 12.7. The summed E-state index contributed by atoms with van der Waals surface area (Å²) in [5.41, 5.74) is 2.69. The topological polar surface area (TPSA) is 54.5 Å². The zero-order chi connectivity index (χ0) is 16.9. The van der Waals surface area contributed by atoms with Crippen LogP contribution in [0.4, 0.5) is 10.8 Å². The fraction of sp³-hybridized carbons (Fsp3) is 0.444. The van der Waals surface area contributed by atoms with Crippen LogP contribution in [0, 0.1) is 6.92 Å². The highest BCUT2D eigenvalue weighted by molar-refractivity contribution is 7.17. The van der Waals surface area contributed by atoms with E-state index in [-0.39, 0.29) is 5.91 Å². The molecule has 1 amide bonds. The van der Waals surface area contributed by atoms with Gasteiger partial charge in [0.25, 0.3) is 5.91 Å². The number of aromatic nitrogens is 1. The first-order chi connectivity index (χ1) is 11.7. The predicted molar refractivity (Wildman–Crippen MR) is 98.0 cm³/mol. The lowest BCUT2D eigenvalue weighted by Crippen LogP contribution is -2.17. The van der Waals surface area contributed by atoms with Crippen molar-refractivity contribution in [2.24, 2.45) is 0 Å². The number of carbonyl (C=O) groups is 1. The van der Waals surface area contributed by atoms with E-state index in [0.717, 1.165) is 29.6 Å². The van der Waals surface area contributed by atoms with Crippen molar-refractivity contribution < 1.29 is 9.53 Å². The Kier molecular flexibility index (Phi) is 5.48. The van der Waals surface area contributed by atoms with Crippen molar-refractivity contribution in [3.8, 4) is 0 Å². The van der Waals surface area contributed by atoms with Gasteiger partial charge in [0.2, 0.25) is 0 Å². The SMILES string of the molecule is CCOCc1nc(N2CCCC2)sc1C(=O)Nc1ccc(C)cc1. The summed E-state index contributed by atoms with van der Waals surface area (Å²) in [5, 5.41) is 3.89. The minimum absolute atomic E-state index is 0.114. The summed E-state index contributed by atoms with van der Waals surface area (Å²) in [5.74, 6) is -0.114. The molecule has 2 aromatic rings. The fourth-order valence-corrected chi connectivity index (χ4v) is 3.70. The Balaban J connectivity index is 1.80. The van der Waals surface area contributed by atoms with Crippen molar-refractivity contribution in [2.45, 2.75) is 33.3 Å². The Morgan fingerprint density at radius 2 is 2.00 bits per heavy atom. The highest BCUT2D eigenvalue weighted by atomic mass is 32.1. The number of carbonyl (C=O) groups excluding carboxylic acids is 1. The van der Waals surface area contributed by atoms with Gasteiger partial charge < -0.3 is 15.0 Å². The Labute approximate surface area is 146 Å². The number of amides is 1. The number of aryl methyl sites for hydroxylation is 1. The number of benzene rings is 1. The molecule has 0 bridgehead atoms. The second-order valence-electron chi connectivity index (χ2n) is 5.92. The first kappa shape index (κ1) is 16.9. The molecule has 0 aliphatic carbocycles. The molecular weight excluding hydrogens is 322 g/mol. The van der Waals surface area contributed by atoms with Crippen molar-refractivity contribution in [1.29, 1.82) is 0 Å². The number of ether oxygens (including phenoxy) is 1. The van der Waals surface area contributed by atoms with Crippen LogP contribution in [0.3, 0.4) is 0 Å². The number of thiazole rings is 1. The van der Waals surface area contributed by atoms with Crippen LogP contribution >= 0.6 is 11.3 Å². The molecule has 1 aliphatic heterocycles. The molecule has 5 nitrogen and oxygen atoms in total. The van der Waals surface area contributed by atoms with E-state index in [1.807, 2.05) is 38.1 Å². The molecule has 0 unspecified atom stereocenters. The van der Waals surface area contributed by atoms with Gasteiger partial charge in [0.15, 0.2) is 5.13 Å². The van der Waals surface area contributed by atoms with Gasteiger partial charge >= 0.3 is 0 Å². The maximum atomic E-state index is 12.7. The fourth-order valence-electron chi connectivity index (χ4n) is 2.68. The second kappa shape index (κ2) is 7.77. The lowest BCUT2D eigenvalue weighted by molar-refractivity contribution is 0.101. The standard InChI is InChI=1S/C18H23N3O2S/c1-3-23-12-15-16(24-18(20-15)21-10-4-5-11-21)17(22)19-14-8-6-13(2)7-9-14/h6-9H,3-5,10-12H2,1-2H3,(H,19,22). The number of rotatable bonds is 6. The zero-order valence-corrected chi connectivity index (χ0v) is 15.0. The molecule has 1 N–H and O–H groups in total. The highest BCUT2D eigenvalue weighted by Crippen LogP contribution is 2.30. The van der Waals surface area contributed by atoms with E-state index < -0.39 is 0 Å². The summed E-state index contributed by atoms with van der Waals surface area (Å²) >= 11 is 1.46. The normalized spacial score (nSPS) is 14.2.